The molecule has 0 spiro atoms. The standard InChI is InChI=1S/C27H30N4O2/c1-19-9-8-12-22(15-19)16-25(32)31-14-7-6-13-24(31)26-28-18-23(20(2)30-26)27(33)29-17-21-10-4-3-5-11-21/h3-5,8-12,15,18,24H,6-7,13-14,16-17H2,1-2H3,(H,29,33)/t24-/m1/s1. The smallest absolute Gasteiger partial charge is 0.254 e. The maximum absolute atomic E-state index is 13.1. The van der Waals surface area contributed by atoms with Gasteiger partial charge in [-0.3, -0.25) is 9.59 Å². The van der Waals surface area contributed by atoms with Gasteiger partial charge in [0.2, 0.25) is 5.91 Å². The Morgan fingerprint density at radius 3 is 2.58 bits per heavy atom. The molecule has 0 unspecified atom stereocenters. The molecule has 6 nitrogen and oxygen atoms in total. The number of hydrogen-bond acceptors (Lipinski definition) is 4. The second kappa shape index (κ2) is 10.4. The average Bonchev–Trinajstić information content (AvgIpc) is 2.83. The van der Waals surface area contributed by atoms with Crippen molar-refractivity contribution in [1.82, 2.24) is 20.2 Å². The maximum atomic E-state index is 13.1. The van der Waals surface area contributed by atoms with Crippen molar-refractivity contribution in [2.24, 2.45) is 0 Å². The van der Waals surface area contributed by atoms with Crippen LogP contribution in [0.4, 0.5) is 0 Å². The minimum absolute atomic E-state index is 0.0937. The number of nitrogens with one attached hydrogen (secondary N) is 1. The van der Waals surface area contributed by atoms with E-state index in [0.717, 1.165) is 36.0 Å². The van der Waals surface area contributed by atoms with Gasteiger partial charge in [-0.15, -0.1) is 0 Å². The van der Waals surface area contributed by atoms with E-state index in [1.54, 1.807) is 6.20 Å². The van der Waals surface area contributed by atoms with Crippen molar-refractivity contribution in [3.8, 4) is 0 Å². The molecule has 1 atom stereocenters. The molecular formula is C27H30N4O2. The molecule has 0 radical (unpaired) electrons. The molecule has 0 bridgehead atoms. The molecule has 1 fully saturated rings. The summed E-state index contributed by atoms with van der Waals surface area (Å²) in [5.41, 5.74) is 4.29. The molecule has 1 aliphatic rings. The van der Waals surface area contributed by atoms with Gasteiger partial charge in [0.05, 0.1) is 23.7 Å². The highest BCUT2D eigenvalue weighted by atomic mass is 16.2. The molecule has 0 aliphatic carbocycles. The van der Waals surface area contributed by atoms with Gasteiger partial charge >= 0.3 is 0 Å². The number of rotatable bonds is 6. The van der Waals surface area contributed by atoms with Crippen molar-refractivity contribution < 1.29 is 9.59 Å². The van der Waals surface area contributed by atoms with Crippen LogP contribution in [0.25, 0.3) is 0 Å². The van der Waals surface area contributed by atoms with Crippen LogP contribution in [0.15, 0.2) is 60.8 Å². The molecule has 6 heteroatoms. The first-order valence-electron chi connectivity index (χ1n) is 11.5. The number of nitrogens with zero attached hydrogens (tertiary/aromatic N) is 3. The minimum atomic E-state index is -0.195. The Bertz CT molecular complexity index is 1130. The van der Waals surface area contributed by atoms with Crippen LogP contribution in [0.2, 0.25) is 0 Å². The van der Waals surface area contributed by atoms with Gasteiger partial charge in [0.25, 0.3) is 5.91 Å². The molecule has 1 saturated heterocycles. The van der Waals surface area contributed by atoms with Crippen LogP contribution in [0, 0.1) is 13.8 Å². The lowest BCUT2D eigenvalue weighted by Crippen LogP contribution is -2.40. The van der Waals surface area contributed by atoms with Crippen LogP contribution >= 0.6 is 0 Å². The zero-order valence-electron chi connectivity index (χ0n) is 19.3. The summed E-state index contributed by atoms with van der Waals surface area (Å²) in [7, 11) is 0. The fraction of sp³-hybridized carbons (Fsp3) is 0.333. The van der Waals surface area contributed by atoms with E-state index < -0.39 is 0 Å². The summed E-state index contributed by atoms with van der Waals surface area (Å²) in [4.78, 5) is 36.9. The van der Waals surface area contributed by atoms with E-state index in [9.17, 15) is 9.59 Å². The van der Waals surface area contributed by atoms with E-state index in [1.165, 1.54) is 0 Å². The number of carbonyl (C=O) groups is 2. The van der Waals surface area contributed by atoms with Gasteiger partial charge in [0, 0.05) is 19.3 Å². The Kier molecular flexibility index (Phi) is 7.13. The normalized spacial score (nSPS) is 15.8. The highest BCUT2D eigenvalue weighted by Crippen LogP contribution is 2.30. The Hall–Kier alpha value is -3.54. The molecule has 1 aromatic heterocycles. The van der Waals surface area contributed by atoms with Gasteiger partial charge in [-0.2, -0.15) is 0 Å². The zero-order valence-corrected chi connectivity index (χ0v) is 19.3. The third-order valence-corrected chi connectivity index (χ3v) is 6.10. The fourth-order valence-electron chi connectivity index (χ4n) is 4.34. The van der Waals surface area contributed by atoms with Crippen LogP contribution in [0.3, 0.4) is 0 Å². The van der Waals surface area contributed by atoms with Gasteiger partial charge < -0.3 is 10.2 Å². The molecule has 33 heavy (non-hydrogen) atoms. The monoisotopic (exact) mass is 442 g/mol. The van der Waals surface area contributed by atoms with Crippen molar-refractivity contribution in [3.05, 3.63) is 94.6 Å². The minimum Gasteiger partial charge on any atom is -0.348 e. The van der Waals surface area contributed by atoms with Crippen molar-refractivity contribution in [2.45, 2.75) is 52.1 Å². The first-order valence-corrected chi connectivity index (χ1v) is 11.5. The molecule has 1 aliphatic heterocycles. The van der Waals surface area contributed by atoms with Crippen molar-refractivity contribution in [3.63, 3.8) is 0 Å². The van der Waals surface area contributed by atoms with Gasteiger partial charge in [-0.1, -0.05) is 60.2 Å². The van der Waals surface area contributed by atoms with Gasteiger partial charge in [0.1, 0.15) is 0 Å². The Morgan fingerprint density at radius 1 is 1.03 bits per heavy atom. The lowest BCUT2D eigenvalue weighted by atomic mass is 9.99. The van der Waals surface area contributed by atoms with Crippen LogP contribution < -0.4 is 5.32 Å². The fourth-order valence-corrected chi connectivity index (χ4v) is 4.34. The Labute approximate surface area is 195 Å². The van der Waals surface area contributed by atoms with Gasteiger partial charge in [0.15, 0.2) is 5.82 Å². The number of aryl methyl sites for hydroxylation is 2. The highest BCUT2D eigenvalue weighted by molar-refractivity contribution is 5.94. The lowest BCUT2D eigenvalue weighted by Gasteiger charge is -2.35. The zero-order chi connectivity index (χ0) is 23.2. The molecule has 3 aromatic rings. The number of hydrogen-bond donors (Lipinski definition) is 1. The first kappa shape index (κ1) is 22.6. The summed E-state index contributed by atoms with van der Waals surface area (Å²) >= 11 is 0. The van der Waals surface area contributed by atoms with Crippen molar-refractivity contribution in [2.75, 3.05) is 6.54 Å². The third kappa shape index (κ3) is 5.64. The molecule has 2 aromatic carbocycles. The molecule has 0 saturated carbocycles. The van der Waals surface area contributed by atoms with Crippen LogP contribution in [0.1, 0.15) is 63.9 Å². The number of benzene rings is 2. The number of aromatic nitrogens is 2. The summed E-state index contributed by atoms with van der Waals surface area (Å²) in [6, 6.07) is 17.7. The first-order chi connectivity index (χ1) is 16.0. The quantitative estimate of drug-likeness (QED) is 0.617. The number of piperidine rings is 1. The summed E-state index contributed by atoms with van der Waals surface area (Å²) in [5, 5.41) is 2.93. The molecule has 4 rings (SSSR count). The Balaban J connectivity index is 1.46. The van der Waals surface area contributed by atoms with E-state index in [1.807, 2.05) is 67.3 Å². The molecule has 1 N–H and O–H groups in total. The van der Waals surface area contributed by atoms with Crippen molar-refractivity contribution >= 4 is 11.8 Å². The lowest BCUT2D eigenvalue weighted by molar-refractivity contribution is -0.134. The average molecular weight is 443 g/mol. The van der Waals surface area contributed by atoms with E-state index in [2.05, 4.69) is 21.4 Å². The molecule has 2 heterocycles. The largest absolute Gasteiger partial charge is 0.348 e. The van der Waals surface area contributed by atoms with E-state index in [4.69, 9.17) is 0 Å². The van der Waals surface area contributed by atoms with E-state index in [0.29, 0.717) is 36.6 Å². The van der Waals surface area contributed by atoms with Crippen LogP contribution in [-0.2, 0) is 17.8 Å². The maximum Gasteiger partial charge on any atom is 0.254 e. The predicted octanol–water partition coefficient (Wildman–Crippen LogP) is 4.32. The van der Waals surface area contributed by atoms with E-state index >= 15 is 0 Å². The number of amides is 2. The van der Waals surface area contributed by atoms with Crippen LogP contribution in [0.5, 0.6) is 0 Å². The summed E-state index contributed by atoms with van der Waals surface area (Å²) in [6.07, 6.45) is 4.81. The van der Waals surface area contributed by atoms with Gasteiger partial charge in [-0.05, 0) is 44.2 Å². The second-order valence-corrected chi connectivity index (χ2v) is 8.66. The topological polar surface area (TPSA) is 75.2 Å². The summed E-state index contributed by atoms with van der Waals surface area (Å²) in [6.45, 7) is 5.01. The van der Waals surface area contributed by atoms with Gasteiger partial charge in [-0.25, -0.2) is 9.97 Å². The second-order valence-electron chi connectivity index (χ2n) is 8.66. The predicted molar refractivity (Wildman–Crippen MR) is 128 cm³/mol. The summed E-state index contributed by atoms with van der Waals surface area (Å²) in [5.74, 6) is 0.513. The third-order valence-electron chi connectivity index (χ3n) is 6.10. The molecule has 2 amide bonds. The number of carbonyl (C=O) groups excluding carboxylic acids is 2. The highest BCUT2D eigenvalue weighted by Gasteiger charge is 2.30. The SMILES string of the molecule is Cc1cccc(CC(=O)N2CCCC[C@@H]2c2ncc(C(=O)NCc3ccccc3)c(C)n2)c1. The number of likely N-dealkylation sites (tertiary alicyclic amines) is 1. The van der Waals surface area contributed by atoms with Crippen LogP contribution in [-0.4, -0.2) is 33.2 Å². The molecular weight excluding hydrogens is 412 g/mol. The molecule has 170 valence electrons. The Morgan fingerprint density at radius 2 is 1.82 bits per heavy atom. The summed E-state index contributed by atoms with van der Waals surface area (Å²) < 4.78 is 0. The van der Waals surface area contributed by atoms with E-state index in [-0.39, 0.29) is 17.9 Å². The van der Waals surface area contributed by atoms with Crippen molar-refractivity contribution in [1.29, 1.82) is 0 Å².